The fraction of sp³-hybridized carbons (Fsp3) is 0.357. The van der Waals surface area contributed by atoms with Gasteiger partial charge in [0.1, 0.15) is 17.5 Å². The first kappa shape index (κ1) is 23.5. The van der Waals surface area contributed by atoms with Crippen LogP contribution in [0.4, 0.5) is 22.0 Å². The Kier molecular flexibility index (Phi) is 6.87. The summed E-state index contributed by atoms with van der Waals surface area (Å²) in [5.41, 5.74) is 0.375. The van der Waals surface area contributed by atoms with Gasteiger partial charge < -0.3 is 0 Å². The van der Waals surface area contributed by atoms with Crippen LogP contribution in [0.15, 0.2) is 42.5 Å². The van der Waals surface area contributed by atoms with Crippen molar-refractivity contribution >= 4 is 0 Å². The lowest BCUT2D eigenvalue weighted by molar-refractivity contribution is 0.160. The van der Waals surface area contributed by atoms with Crippen LogP contribution in [0.25, 0.3) is 22.3 Å². The summed E-state index contributed by atoms with van der Waals surface area (Å²) in [6.07, 6.45) is 0.0756. The molecule has 3 aromatic carbocycles. The van der Waals surface area contributed by atoms with Crippen molar-refractivity contribution < 1.29 is 22.0 Å². The molecule has 5 heteroatoms. The summed E-state index contributed by atoms with van der Waals surface area (Å²) < 4.78 is 75.6. The molecule has 2 atom stereocenters. The smallest absolute Gasteiger partial charge is 0.164 e. The predicted molar refractivity (Wildman–Crippen MR) is 122 cm³/mol. The van der Waals surface area contributed by atoms with Crippen LogP contribution in [0.3, 0.4) is 0 Å². The van der Waals surface area contributed by atoms with E-state index in [1.165, 1.54) is 36.4 Å². The Morgan fingerprint density at radius 2 is 1.24 bits per heavy atom. The number of benzene rings is 3. The highest BCUT2D eigenvalue weighted by atomic mass is 19.2. The molecule has 2 unspecified atom stereocenters. The second-order valence-corrected chi connectivity index (χ2v) is 8.71. The van der Waals surface area contributed by atoms with Crippen LogP contribution in [0.5, 0.6) is 0 Å². The molecule has 3 aromatic rings. The van der Waals surface area contributed by atoms with E-state index in [-0.39, 0.29) is 27.8 Å². The second-order valence-electron chi connectivity index (χ2n) is 8.71. The van der Waals surface area contributed by atoms with Gasteiger partial charge in [-0.3, -0.25) is 0 Å². The number of hydrogen-bond acceptors (Lipinski definition) is 0. The first-order valence-corrected chi connectivity index (χ1v) is 11.6. The van der Waals surface area contributed by atoms with E-state index < -0.39 is 35.4 Å². The number of aryl methyl sites for hydroxylation is 2. The lowest BCUT2D eigenvalue weighted by atomic mass is 9.80. The van der Waals surface area contributed by atoms with Gasteiger partial charge in [-0.25, -0.2) is 22.0 Å². The summed E-state index contributed by atoms with van der Waals surface area (Å²) in [4.78, 5) is 0. The van der Waals surface area contributed by atoms with Gasteiger partial charge in [0.15, 0.2) is 12.3 Å². The minimum absolute atomic E-state index is 0.00702. The third kappa shape index (κ3) is 4.18. The number of unbranched alkanes of at least 4 members (excludes halogenated alkanes) is 2. The van der Waals surface area contributed by atoms with Crippen LogP contribution >= 0.6 is 0 Å². The molecule has 0 fully saturated rings. The van der Waals surface area contributed by atoms with E-state index in [1.54, 1.807) is 6.07 Å². The van der Waals surface area contributed by atoms with E-state index in [0.29, 0.717) is 18.4 Å². The van der Waals surface area contributed by atoms with Crippen molar-refractivity contribution in [1.82, 2.24) is 0 Å². The van der Waals surface area contributed by atoms with Crippen LogP contribution in [0, 0.1) is 17.5 Å². The van der Waals surface area contributed by atoms with Crippen molar-refractivity contribution in [2.45, 2.75) is 64.7 Å². The van der Waals surface area contributed by atoms with E-state index >= 15 is 13.2 Å². The van der Waals surface area contributed by atoms with E-state index in [1.807, 2.05) is 6.92 Å². The van der Waals surface area contributed by atoms with Crippen molar-refractivity contribution in [1.29, 1.82) is 0 Å². The molecule has 1 aliphatic rings. The molecule has 0 saturated carbocycles. The van der Waals surface area contributed by atoms with Gasteiger partial charge in [0, 0.05) is 22.3 Å². The SMILES string of the molecule is CCCCCc1ccc(-c2ccc3c(c2F)C(F)C(F)c2c-3ccc(CCC)c2F)c(F)c1. The summed E-state index contributed by atoms with van der Waals surface area (Å²) >= 11 is 0. The standard InChI is InChI=1S/C28H27F5/c1-3-5-6-8-16-9-11-18(22(29)15-16)21-14-13-20-19-12-10-17(7-4-2)25(30)23(19)27(32)28(33)24(20)26(21)31/h9-15,27-28H,3-8H2,1-2H3. The third-order valence-electron chi connectivity index (χ3n) is 6.45. The minimum Gasteiger partial charge on any atom is -0.239 e. The van der Waals surface area contributed by atoms with E-state index in [0.717, 1.165) is 31.2 Å². The Morgan fingerprint density at radius 3 is 1.88 bits per heavy atom. The van der Waals surface area contributed by atoms with Gasteiger partial charge >= 0.3 is 0 Å². The topological polar surface area (TPSA) is 0 Å². The molecule has 0 heterocycles. The highest BCUT2D eigenvalue weighted by Gasteiger charge is 2.39. The molecule has 0 aliphatic heterocycles. The van der Waals surface area contributed by atoms with Gasteiger partial charge in [0.05, 0.1) is 0 Å². The molecule has 0 spiro atoms. The molecule has 0 nitrogen and oxygen atoms in total. The van der Waals surface area contributed by atoms with Gasteiger partial charge in [-0.2, -0.15) is 0 Å². The average molecular weight is 459 g/mol. The van der Waals surface area contributed by atoms with E-state index in [9.17, 15) is 8.78 Å². The van der Waals surface area contributed by atoms with Crippen molar-refractivity contribution in [3.8, 4) is 22.3 Å². The molecular formula is C28H27F5. The van der Waals surface area contributed by atoms with Crippen molar-refractivity contribution in [2.75, 3.05) is 0 Å². The van der Waals surface area contributed by atoms with Crippen LogP contribution in [-0.2, 0) is 12.8 Å². The highest BCUT2D eigenvalue weighted by Crippen LogP contribution is 2.51. The highest BCUT2D eigenvalue weighted by molar-refractivity contribution is 5.79. The summed E-state index contributed by atoms with van der Waals surface area (Å²) in [6, 6.07) is 10.4. The molecule has 0 saturated heterocycles. The number of rotatable bonds is 7. The zero-order valence-electron chi connectivity index (χ0n) is 18.8. The average Bonchev–Trinajstić information content (AvgIpc) is 2.79. The lowest BCUT2D eigenvalue weighted by Crippen LogP contribution is -2.16. The van der Waals surface area contributed by atoms with Gasteiger partial charge in [0.25, 0.3) is 0 Å². The summed E-state index contributed by atoms with van der Waals surface area (Å²) in [7, 11) is 0. The second kappa shape index (κ2) is 9.66. The van der Waals surface area contributed by atoms with Gasteiger partial charge in [0.2, 0.25) is 0 Å². The van der Waals surface area contributed by atoms with Crippen LogP contribution < -0.4 is 0 Å². The molecule has 33 heavy (non-hydrogen) atoms. The van der Waals surface area contributed by atoms with Crippen LogP contribution in [-0.4, -0.2) is 0 Å². The fourth-order valence-corrected chi connectivity index (χ4v) is 4.71. The van der Waals surface area contributed by atoms with Crippen molar-refractivity contribution in [3.63, 3.8) is 0 Å². The molecule has 0 radical (unpaired) electrons. The maximum Gasteiger partial charge on any atom is 0.164 e. The largest absolute Gasteiger partial charge is 0.239 e. The van der Waals surface area contributed by atoms with Gasteiger partial charge in [-0.05, 0) is 47.6 Å². The van der Waals surface area contributed by atoms with Crippen LogP contribution in [0.1, 0.15) is 74.1 Å². The van der Waals surface area contributed by atoms with Crippen LogP contribution in [0.2, 0.25) is 0 Å². The maximum atomic E-state index is 15.5. The first-order chi connectivity index (χ1) is 15.9. The monoisotopic (exact) mass is 458 g/mol. The lowest BCUT2D eigenvalue weighted by Gasteiger charge is -2.28. The molecule has 174 valence electrons. The number of alkyl halides is 2. The molecule has 0 bridgehead atoms. The Labute approximate surface area is 191 Å². The number of halogens is 5. The Morgan fingerprint density at radius 1 is 0.636 bits per heavy atom. The number of fused-ring (bicyclic) bond motifs is 3. The zero-order valence-corrected chi connectivity index (χ0v) is 18.8. The maximum absolute atomic E-state index is 15.5. The quantitative estimate of drug-likeness (QED) is 0.245. The Bertz CT molecular complexity index is 1170. The zero-order chi connectivity index (χ0) is 23.7. The summed E-state index contributed by atoms with van der Waals surface area (Å²) in [5, 5.41) is 0. The number of hydrogen-bond donors (Lipinski definition) is 0. The molecule has 0 N–H and O–H groups in total. The first-order valence-electron chi connectivity index (χ1n) is 11.6. The molecule has 1 aliphatic carbocycles. The van der Waals surface area contributed by atoms with E-state index in [2.05, 4.69) is 6.92 Å². The van der Waals surface area contributed by atoms with Gasteiger partial charge in [-0.15, -0.1) is 0 Å². The van der Waals surface area contributed by atoms with Gasteiger partial charge in [-0.1, -0.05) is 69.5 Å². The predicted octanol–water partition coefficient (Wildman–Crippen LogP) is 9.16. The fourth-order valence-electron chi connectivity index (χ4n) is 4.71. The van der Waals surface area contributed by atoms with Crippen molar-refractivity contribution in [2.24, 2.45) is 0 Å². The third-order valence-corrected chi connectivity index (χ3v) is 6.45. The Balaban J connectivity index is 1.79. The Hall–Kier alpha value is -2.69. The minimum atomic E-state index is -2.38. The summed E-state index contributed by atoms with van der Waals surface area (Å²) in [6.45, 7) is 3.95. The molecule has 4 rings (SSSR count). The normalized spacial score (nSPS) is 17.1. The molecule has 0 amide bonds. The molecular weight excluding hydrogens is 431 g/mol. The van der Waals surface area contributed by atoms with Crippen molar-refractivity contribution in [3.05, 3.63) is 82.2 Å². The molecule has 0 aromatic heterocycles. The van der Waals surface area contributed by atoms with E-state index in [4.69, 9.17) is 0 Å². The summed E-state index contributed by atoms with van der Waals surface area (Å²) in [5.74, 6) is -2.39.